The van der Waals surface area contributed by atoms with Crippen molar-refractivity contribution in [3.05, 3.63) is 144 Å². The lowest BCUT2D eigenvalue weighted by molar-refractivity contribution is -0.123. The Kier molecular flexibility index (Phi) is 10.1. The van der Waals surface area contributed by atoms with E-state index < -0.39 is 46.6 Å². The van der Waals surface area contributed by atoms with Gasteiger partial charge in [0.1, 0.15) is 5.54 Å². The van der Waals surface area contributed by atoms with Gasteiger partial charge in [-0.05, 0) is 83.6 Å². The highest BCUT2D eigenvalue weighted by atomic mass is 32.2. The van der Waals surface area contributed by atoms with E-state index in [0.29, 0.717) is 22.3 Å². The number of thioether (sulfide) groups is 1. The van der Waals surface area contributed by atoms with Crippen molar-refractivity contribution in [2.45, 2.75) is 41.6 Å². The Hall–Kier alpha value is -6.02. The molecule has 0 bridgehead atoms. The lowest BCUT2D eigenvalue weighted by Crippen LogP contribution is -2.55. The Morgan fingerprint density at radius 3 is 1.63 bits per heavy atom. The molecule has 3 N–H and O–H groups in total. The molecule has 0 spiro atoms. The van der Waals surface area contributed by atoms with Crippen LogP contribution in [0.5, 0.6) is 0 Å². The maximum atomic E-state index is 14.9. The van der Waals surface area contributed by atoms with Crippen LogP contribution in [0.4, 0.5) is 35.0 Å². The predicted molar refractivity (Wildman–Crippen MR) is 191 cm³/mol. The van der Waals surface area contributed by atoms with Crippen LogP contribution in [0, 0.1) is 0 Å². The number of nitrogens with one attached hydrogen (secondary N) is 3. The molecule has 5 amide bonds. The minimum Gasteiger partial charge on any atom is -0.322 e. The molecule has 14 heteroatoms. The summed E-state index contributed by atoms with van der Waals surface area (Å²) in [6, 6.07) is 24.4. The zero-order chi connectivity index (χ0) is 37.0. The van der Waals surface area contributed by atoms with Crippen LogP contribution in [-0.4, -0.2) is 44.8 Å². The van der Waals surface area contributed by atoms with Gasteiger partial charge in [0.25, 0.3) is 17.7 Å². The molecule has 3 heterocycles. The number of carbonyl (C=O) groups excluding carboxylic acids is 4. The maximum absolute atomic E-state index is 14.9. The van der Waals surface area contributed by atoms with Crippen LogP contribution in [0.3, 0.4) is 0 Å². The summed E-state index contributed by atoms with van der Waals surface area (Å²) in [6.07, 6.45) is 5.88. The van der Waals surface area contributed by atoms with Gasteiger partial charge in [-0.1, -0.05) is 50.2 Å². The van der Waals surface area contributed by atoms with Crippen molar-refractivity contribution in [3.8, 4) is 0 Å². The van der Waals surface area contributed by atoms with Crippen molar-refractivity contribution < 1.29 is 32.3 Å². The summed E-state index contributed by atoms with van der Waals surface area (Å²) in [5.41, 5.74) is -4.00. The molecule has 0 radical (unpaired) electrons. The Morgan fingerprint density at radius 1 is 0.731 bits per heavy atom. The van der Waals surface area contributed by atoms with Gasteiger partial charge < -0.3 is 16.0 Å². The van der Waals surface area contributed by atoms with Gasteiger partial charge in [-0.2, -0.15) is 13.2 Å². The van der Waals surface area contributed by atoms with Crippen molar-refractivity contribution in [3.63, 3.8) is 0 Å². The molecule has 52 heavy (non-hydrogen) atoms. The molecule has 0 saturated carbocycles. The predicted octanol–water partition coefficient (Wildman–Crippen LogP) is 8.00. The molecule has 6 rings (SSSR count). The maximum Gasteiger partial charge on any atom is 0.446 e. The van der Waals surface area contributed by atoms with Crippen LogP contribution >= 0.6 is 11.8 Å². The van der Waals surface area contributed by atoms with E-state index in [1.807, 2.05) is 0 Å². The molecule has 1 fully saturated rings. The first kappa shape index (κ1) is 35.8. The van der Waals surface area contributed by atoms with E-state index in [1.54, 1.807) is 86.6 Å². The van der Waals surface area contributed by atoms with Crippen LogP contribution < -0.4 is 20.9 Å². The number of imide groups is 1. The number of rotatable bonds is 10. The van der Waals surface area contributed by atoms with Gasteiger partial charge in [-0.15, -0.1) is 0 Å². The second-order valence-electron chi connectivity index (χ2n) is 12.0. The first-order chi connectivity index (χ1) is 24.9. The summed E-state index contributed by atoms with van der Waals surface area (Å²) in [6.45, 7) is 3.44. The molecule has 1 aliphatic rings. The van der Waals surface area contributed by atoms with E-state index in [0.717, 1.165) is 4.90 Å². The average molecular weight is 725 g/mol. The number of aromatic nitrogens is 2. The Labute approximate surface area is 300 Å². The number of hydrogen-bond acceptors (Lipinski definition) is 7. The molecular formula is C38H31F3N6O4S. The lowest BCUT2D eigenvalue weighted by atomic mass is 9.69. The lowest BCUT2D eigenvalue weighted by Gasteiger charge is -2.39. The summed E-state index contributed by atoms with van der Waals surface area (Å²) in [5.74, 6) is -3.30. The third kappa shape index (κ3) is 7.23. The fraction of sp³-hybridized carbons (Fsp3) is 0.158. The fourth-order valence-electron chi connectivity index (χ4n) is 6.39. The van der Waals surface area contributed by atoms with E-state index in [9.17, 15) is 32.3 Å². The van der Waals surface area contributed by atoms with Crippen LogP contribution in [0.2, 0.25) is 0 Å². The zero-order valence-electron chi connectivity index (χ0n) is 27.7. The van der Waals surface area contributed by atoms with E-state index in [2.05, 4.69) is 25.9 Å². The van der Waals surface area contributed by atoms with Gasteiger partial charge in [0.15, 0.2) is 0 Å². The molecule has 264 valence electrons. The number of alkyl halides is 3. The molecule has 5 aromatic rings. The topological polar surface area (TPSA) is 133 Å². The number of urea groups is 1. The fourth-order valence-corrected chi connectivity index (χ4v) is 6.93. The number of pyridine rings is 2. The minimum atomic E-state index is -4.53. The molecule has 1 aliphatic heterocycles. The highest BCUT2D eigenvalue weighted by Gasteiger charge is 2.59. The largest absolute Gasteiger partial charge is 0.446 e. The molecule has 2 atom stereocenters. The normalized spacial score (nSPS) is 16.9. The van der Waals surface area contributed by atoms with Gasteiger partial charge in [-0.3, -0.25) is 24.4 Å². The Bertz CT molecular complexity index is 2010. The van der Waals surface area contributed by atoms with Gasteiger partial charge in [0.2, 0.25) is 0 Å². The Morgan fingerprint density at radius 2 is 1.19 bits per heavy atom. The SMILES string of the molecule is CC(c1ccncc1NC(=O)c1ccccc1)C1(C(C)c2ccncc2NC(=O)c2ccccc2)NC(=O)N(c2ccc(SC(F)(F)F)cc2)C1=O. The van der Waals surface area contributed by atoms with Crippen LogP contribution in [-0.2, 0) is 4.79 Å². The smallest absolute Gasteiger partial charge is 0.322 e. The zero-order valence-corrected chi connectivity index (χ0v) is 28.5. The Balaban J connectivity index is 1.44. The summed E-state index contributed by atoms with van der Waals surface area (Å²) < 4.78 is 39.2. The van der Waals surface area contributed by atoms with E-state index in [1.165, 1.54) is 49.1 Å². The van der Waals surface area contributed by atoms with Gasteiger partial charge in [0.05, 0.1) is 29.5 Å². The van der Waals surface area contributed by atoms with Crippen molar-refractivity contribution in [1.82, 2.24) is 15.3 Å². The average Bonchev–Trinajstić information content (AvgIpc) is 3.41. The van der Waals surface area contributed by atoms with Crippen LogP contribution in [0.1, 0.15) is 57.5 Å². The quantitative estimate of drug-likeness (QED) is 0.0982. The highest BCUT2D eigenvalue weighted by Crippen LogP contribution is 2.48. The molecule has 10 nitrogen and oxygen atoms in total. The van der Waals surface area contributed by atoms with Crippen LogP contribution in [0.25, 0.3) is 0 Å². The third-order valence-corrected chi connectivity index (χ3v) is 9.72. The van der Waals surface area contributed by atoms with Gasteiger partial charge in [-0.25, -0.2) is 9.69 Å². The molecule has 2 aromatic heterocycles. The molecule has 3 aromatic carbocycles. The first-order valence-electron chi connectivity index (χ1n) is 16.0. The van der Waals surface area contributed by atoms with Crippen molar-refractivity contribution in [2.24, 2.45) is 0 Å². The molecule has 1 saturated heterocycles. The standard InChI is InChI=1S/C38H31F3N6O4S/c1-23(29-17-19-42-21-31(29)44-33(48)25-9-5-3-6-10-25)37(24(2)30-18-20-43-22-32(30)45-34(49)26-11-7-4-8-12-26)35(50)47(36(51)46-37)27-13-15-28(16-14-27)52-38(39,40)41/h3-24H,1-2H3,(H,44,48)(H,45,49)(H,46,51). The second-order valence-corrected chi connectivity index (χ2v) is 13.1. The molecular weight excluding hydrogens is 694 g/mol. The number of halogens is 3. The molecule has 2 unspecified atom stereocenters. The highest BCUT2D eigenvalue weighted by molar-refractivity contribution is 8.00. The number of carbonyl (C=O) groups is 4. The summed E-state index contributed by atoms with van der Waals surface area (Å²) in [4.78, 5) is 64.6. The van der Waals surface area contributed by atoms with E-state index >= 15 is 0 Å². The monoisotopic (exact) mass is 724 g/mol. The number of hydrogen-bond donors (Lipinski definition) is 3. The number of amides is 5. The van der Waals surface area contributed by atoms with Crippen molar-refractivity contribution >= 4 is 52.6 Å². The number of benzene rings is 3. The van der Waals surface area contributed by atoms with Crippen molar-refractivity contribution in [2.75, 3.05) is 15.5 Å². The van der Waals surface area contributed by atoms with Crippen molar-refractivity contribution in [1.29, 1.82) is 0 Å². The van der Waals surface area contributed by atoms with Gasteiger partial charge >= 0.3 is 11.5 Å². The summed E-state index contributed by atoms with van der Waals surface area (Å²) in [5, 5.41) is 8.68. The van der Waals surface area contributed by atoms with Crippen LogP contribution in [0.15, 0.2) is 127 Å². The second kappa shape index (κ2) is 14.7. The van der Waals surface area contributed by atoms with E-state index in [-0.39, 0.29) is 33.7 Å². The minimum absolute atomic E-state index is 0.0509. The number of anilines is 3. The summed E-state index contributed by atoms with van der Waals surface area (Å²) >= 11 is -0.318. The molecule has 0 aliphatic carbocycles. The van der Waals surface area contributed by atoms with E-state index in [4.69, 9.17) is 0 Å². The third-order valence-electron chi connectivity index (χ3n) is 8.98. The number of nitrogens with zero attached hydrogens (tertiary/aromatic N) is 3. The van der Waals surface area contributed by atoms with Gasteiger partial charge in [0, 0.05) is 40.3 Å². The summed E-state index contributed by atoms with van der Waals surface area (Å²) in [7, 11) is 0. The first-order valence-corrected chi connectivity index (χ1v) is 16.8.